The number of nitrogens with zero attached hydrogens (tertiary/aromatic N) is 2. The maximum absolute atomic E-state index is 12.0. The molecule has 1 heterocycles. The van der Waals surface area contributed by atoms with Crippen LogP contribution in [0.2, 0.25) is 5.02 Å². The van der Waals surface area contributed by atoms with Crippen LogP contribution in [-0.4, -0.2) is 22.9 Å². The van der Waals surface area contributed by atoms with E-state index in [2.05, 4.69) is 10.4 Å². The molecule has 0 aliphatic carbocycles. The molecule has 1 N–H and O–H groups in total. The first-order valence-electron chi connectivity index (χ1n) is 6.65. The largest absolute Gasteiger partial charge is 0.467 e. The number of aromatic nitrogens is 2. The molecular weight excluding hydrogens is 290 g/mol. The van der Waals surface area contributed by atoms with Crippen LogP contribution >= 0.6 is 11.6 Å². The first kappa shape index (κ1) is 15.4. The molecule has 0 aliphatic heterocycles. The summed E-state index contributed by atoms with van der Waals surface area (Å²) < 4.78 is 6.66. The van der Waals surface area contributed by atoms with E-state index in [1.54, 1.807) is 23.0 Å². The SMILES string of the molecule is COC(=O)C(Nc1cccc(Cl)c1)c1cnn(C(C)C)c1. The van der Waals surface area contributed by atoms with Crippen LogP contribution in [-0.2, 0) is 9.53 Å². The average Bonchev–Trinajstić information content (AvgIpc) is 2.94. The van der Waals surface area contributed by atoms with Crippen molar-refractivity contribution in [2.45, 2.75) is 25.9 Å². The maximum atomic E-state index is 12.0. The summed E-state index contributed by atoms with van der Waals surface area (Å²) in [5, 5.41) is 7.98. The molecule has 21 heavy (non-hydrogen) atoms. The summed E-state index contributed by atoms with van der Waals surface area (Å²) in [6.07, 6.45) is 3.50. The molecule has 0 saturated carbocycles. The van der Waals surface area contributed by atoms with Gasteiger partial charge in [0.15, 0.2) is 6.04 Å². The van der Waals surface area contributed by atoms with Gasteiger partial charge < -0.3 is 10.1 Å². The molecule has 0 fully saturated rings. The minimum Gasteiger partial charge on any atom is -0.467 e. The molecule has 112 valence electrons. The number of methoxy groups -OCH3 is 1. The highest BCUT2D eigenvalue weighted by molar-refractivity contribution is 6.30. The molecule has 0 saturated heterocycles. The third-order valence-electron chi connectivity index (χ3n) is 3.06. The average molecular weight is 308 g/mol. The Morgan fingerprint density at radius 2 is 2.19 bits per heavy atom. The van der Waals surface area contributed by atoms with Crippen molar-refractivity contribution >= 4 is 23.3 Å². The third kappa shape index (κ3) is 3.76. The number of carbonyl (C=O) groups excluding carboxylic acids is 1. The summed E-state index contributed by atoms with van der Waals surface area (Å²) >= 11 is 5.96. The lowest BCUT2D eigenvalue weighted by Gasteiger charge is -2.16. The van der Waals surface area contributed by atoms with Crippen molar-refractivity contribution in [2.24, 2.45) is 0 Å². The highest BCUT2D eigenvalue weighted by Gasteiger charge is 2.23. The Kier molecular flexibility index (Phi) is 4.85. The van der Waals surface area contributed by atoms with Gasteiger partial charge in [-0.3, -0.25) is 4.68 Å². The van der Waals surface area contributed by atoms with Crippen LogP contribution in [0.15, 0.2) is 36.7 Å². The fourth-order valence-electron chi connectivity index (χ4n) is 1.93. The van der Waals surface area contributed by atoms with Crippen molar-refractivity contribution in [3.63, 3.8) is 0 Å². The van der Waals surface area contributed by atoms with E-state index in [9.17, 15) is 4.79 Å². The van der Waals surface area contributed by atoms with Gasteiger partial charge >= 0.3 is 5.97 Å². The van der Waals surface area contributed by atoms with Crippen LogP contribution in [0.5, 0.6) is 0 Å². The van der Waals surface area contributed by atoms with Gasteiger partial charge in [-0.25, -0.2) is 4.79 Å². The lowest BCUT2D eigenvalue weighted by molar-refractivity contribution is -0.141. The summed E-state index contributed by atoms with van der Waals surface area (Å²) in [6.45, 7) is 4.04. The van der Waals surface area contributed by atoms with Crippen LogP contribution in [0.1, 0.15) is 31.5 Å². The minimum absolute atomic E-state index is 0.225. The number of anilines is 1. The fourth-order valence-corrected chi connectivity index (χ4v) is 2.12. The minimum atomic E-state index is -0.624. The molecular formula is C15H18ClN3O2. The van der Waals surface area contributed by atoms with Gasteiger partial charge in [-0.1, -0.05) is 17.7 Å². The molecule has 2 aromatic rings. The lowest BCUT2D eigenvalue weighted by Crippen LogP contribution is -2.22. The topological polar surface area (TPSA) is 56.1 Å². The predicted molar refractivity (Wildman–Crippen MR) is 82.4 cm³/mol. The number of ether oxygens (including phenoxy) is 1. The number of rotatable bonds is 5. The third-order valence-corrected chi connectivity index (χ3v) is 3.29. The van der Waals surface area contributed by atoms with Crippen molar-refractivity contribution in [1.29, 1.82) is 0 Å². The van der Waals surface area contributed by atoms with E-state index in [1.807, 2.05) is 32.2 Å². The quantitative estimate of drug-likeness (QED) is 0.860. The monoisotopic (exact) mass is 307 g/mol. The van der Waals surface area contributed by atoms with Gasteiger partial charge in [0.1, 0.15) is 0 Å². The van der Waals surface area contributed by atoms with Crippen molar-refractivity contribution < 1.29 is 9.53 Å². The number of esters is 1. The molecule has 1 unspecified atom stereocenters. The Bertz CT molecular complexity index is 625. The molecule has 6 heteroatoms. The second-order valence-electron chi connectivity index (χ2n) is 4.96. The van der Waals surface area contributed by atoms with E-state index >= 15 is 0 Å². The molecule has 1 atom stereocenters. The Morgan fingerprint density at radius 1 is 1.43 bits per heavy atom. The second-order valence-corrected chi connectivity index (χ2v) is 5.39. The van der Waals surface area contributed by atoms with Crippen LogP contribution in [0.25, 0.3) is 0 Å². The van der Waals surface area contributed by atoms with Crippen LogP contribution < -0.4 is 5.32 Å². The van der Waals surface area contributed by atoms with Gasteiger partial charge in [-0.05, 0) is 32.0 Å². The van der Waals surface area contributed by atoms with Gasteiger partial charge in [0.25, 0.3) is 0 Å². The Hall–Kier alpha value is -2.01. The van der Waals surface area contributed by atoms with Crippen molar-refractivity contribution in [1.82, 2.24) is 9.78 Å². The smallest absolute Gasteiger partial charge is 0.333 e. The number of benzene rings is 1. The molecule has 0 bridgehead atoms. The van der Waals surface area contributed by atoms with Gasteiger partial charge in [0, 0.05) is 28.5 Å². The number of hydrogen-bond acceptors (Lipinski definition) is 4. The summed E-state index contributed by atoms with van der Waals surface area (Å²) in [4.78, 5) is 12.0. The Labute approximate surface area is 128 Å². The predicted octanol–water partition coefficient (Wildman–Crippen LogP) is 3.44. The zero-order valence-corrected chi connectivity index (χ0v) is 13.0. The van der Waals surface area contributed by atoms with Gasteiger partial charge in [-0.15, -0.1) is 0 Å². The maximum Gasteiger partial charge on any atom is 0.333 e. The molecule has 1 aromatic heterocycles. The molecule has 0 amide bonds. The van der Waals surface area contributed by atoms with Crippen LogP contribution in [0, 0.1) is 0 Å². The summed E-state index contributed by atoms with van der Waals surface area (Å²) in [5.41, 5.74) is 1.49. The number of hydrogen-bond donors (Lipinski definition) is 1. The van der Waals surface area contributed by atoms with E-state index in [0.717, 1.165) is 11.3 Å². The molecule has 0 radical (unpaired) electrons. The first-order valence-corrected chi connectivity index (χ1v) is 7.03. The van der Waals surface area contributed by atoms with E-state index in [4.69, 9.17) is 16.3 Å². The van der Waals surface area contributed by atoms with Crippen molar-refractivity contribution in [3.8, 4) is 0 Å². The van der Waals surface area contributed by atoms with Crippen molar-refractivity contribution in [2.75, 3.05) is 12.4 Å². The normalized spacial score (nSPS) is 12.2. The summed E-state index contributed by atoms with van der Waals surface area (Å²) in [7, 11) is 1.36. The number of halogens is 1. The summed E-state index contributed by atoms with van der Waals surface area (Å²) in [5.74, 6) is -0.377. The molecule has 1 aromatic carbocycles. The van der Waals surface area contributed by atoms with E-state index < -0.39 is 6.04 Å². The zero-order chi connectivity index (χ0) is 15.4. The number of carbonyl (C=O) groups is 1. The van der Waals surface area contributed by atoms with Crippen molar-refractivity contribution in [3.05, 3.63) is 47.2 Å². The van der Waals surface area contributed by atoms with E-state index in [1.165, 1.54) is 7.11 Å². The molecule has 5 nitrogen and oxygen atoms in total. The fraction of sp³-hybridized carbons (Fsp3) is 0.333. The van der Waals surface area contributed by atoms with Gasteiger partial charge in [0.2, 0.25) is 0 Å². The molecule has 2 rings (SSSR count). The Balaban J connectivity index is 2.27. The zero-order valence-electron chi connectivity index (χ0n) is 12.2. The van der Waals surface area contributed by atoms with E-state index in [0.29, 0.717) is 5.02 Å². The molecule has 0 spiro atoms. The van der Waals surface area contributed by atoms with Gasteiger partial charge in [0.05, 0.1) is 13.3 Å². The lowest BCUT2D eigenvalue weighted by atomic mass is 10.1. The van der Waals surface area contributed by atoms with Crippen LogP contribution in [0.3, 0.4) is 0 Å². The van der Waals surface area contributed by atoms with Crippen LogP contribution in [0.4, 0.5) is 5.69 Å². The van der Waals surface area contributed by atoms with Gasteiger partial charge in [-0.2, -0.15) is 5.10 Å². The van der Waals surface area contributed by atoms with E-state index in [-0.39, 0.29) is 12.0 Å². The standard InChI is InChI=1S/C15H18ClN3O2/c1-10(2)19-9-11(8-17-19)14(15(20)21-3)18-13-6-4-5-12(16)7-13/h4-10,14,18H,1-3H3. The highest BCUT2D eigenvalue weighted by atomic mass is 35.5. The Morgan fingerprint density at radius 3 is 2.76 bits per heavy atom. The molecule has 0 aliphatic rings. The summed E-state index contributed by atoms with van der Waals surface area (Å²) in [6, 6.07) is 6.79. The first-order chi connectivity index (χ1) is 10.0. The number of nitrogens with one attached hydrogen (secondary N) is 1. The second kappa shape index (κ2) is 6.63. The highest BCUT2D eigenvalue weighted by Crippen LogP contribution is 2.23.